The van der Waals surface area contributed by atoms with E-state index in [1.165, 1.54) is 11.1 Å². The van der Waals surface area contributed by atoms with E-state index in [0.29, 0.717) is 0 Å². The Balaban J connectivity index is 1.75. The number of rotatable bonds is 4. The molecular weight excluding hydrogens is 236 g/mol. The fourth-order valence-corrected chi connectivity index (χ4v) is 2.82. The summed E-state index contributed by atoms with van der Waals surface area (Å²) < 4.78 is 1.86. The monoisotopic (exact) mass is 254 g/mol. The van der Waals surface area contributed by atoms with Crippen LogP contribution < -0.4 is 0 Å². The molecule has 98 valence electrons. The van der Waals surface area contributed by atoms with E-state index in [1.807, 2.05) is 23.0 Å². The highest BCUT2D eigenvalue weighted by Gasteiger charge is 2.28. The molecule has 1 heterocycles. The summed E-state index contributed by atoms with van der Waals surface area (Å²) in [6.45, 7) is 2.98. The van der Waals surface area contributed by atoms with E-state index in [2.05, 4.69) is 24.2 Å². The Morgan fingerprint density at radius 1 is 1.32 bits per heavy atom. The van der Waals surface area contributed by atoms with Gasteiger partial charge in [-0.3, -0.25) is 9.48 Å². The van der Waals surface area contributed by atoms with Crippen LogP contribution in [0.4, 0.5) is 0 Å². The lowest BCUT2D eigenvalue weighted by Gasteiger charge is -2.05. The molecule has 0 N–H and O–H groups in total. The maximum absolute atomic E-state index is 12.5. The SMILES string of the molecule is CCCn1cc(C(=O)C2Cc3ccccc3C2)cn1. The zero-order valence-electron chi connectivity index (χ0n) is 11.2. The standard InChI is InChI=1S/C16H18N2O/c1-2-7-18-11-15(10-17-18)16(19)14-8-12-5-3-4-6-13(12)9-14/h3-6,10-11,14H,2,7-9H2,1H3. The van der Waals surface area contributed by atoms with E-state index in [4.69, 9.17) is 0 Å². The molecule has 1 aliphatic carbocycles. The molecule has 0 amide bonds. The lowest BCUT2D eigenvalue weighted by atomic mass is 9.97. The Morgan fingerprint density at radius 2 is 2.00 bits per heavy atom. The van der Waals surface area contributed by atoms with E-state index in [0.717, 1.165) is 31.4 Å². The number of hydrogen-bond acceptors (Lipinski definition) is 2. The zero-order valence-corrected chi connectivity index (χ0v) is 11.2. The van der Waals surface area contributed by atoms with Crippen LogP contribution in [0, 0.1) is 5.92 Å². The third-order valence-electron chi connectivity index (χ3n) is 3.79. The van der Waals surface area contributed by atoms with E-state index >= 15 is 0 Å². The molecule has 0 bridgehead atoms. The van der Waals surface area contributed by atoms with Gasteiger partial charge in [-0.1, -0.05) is 31.2 Å². The number of benzene rings is 1. The van der Waals surface area contributed by atoms with Gasteiger partial charge in [-0.2, -0.15) is 5.10 Å². The first-order valence-electron chi connectivity index (χ1n) is 6.91. The van der Waals surface area contributed by atoms with Crippen molar-refractivity contribution in [1.29, 1.82) is 0 Å². The lowest BCUT2D eigenvalue weighted by molar-refractivity contribution is 0.0924. The molecule has 0 radical (unpaired) electrons. The molecule has 0 fully saturated rings. The van der Waals surface area contributed by atoms with Crippen LogP contribution in [0.5, 0.6) is 0 Å². The summed E-state index contributed by atoms with van der Waals surface area (Å²) in [5, 5.41) is 4.24. The number of nitrogens with zero attached hydrogens (tertiary/aromatic N) is 2. The summed E-state index contributed by atoms with van der Waals surface area (Å²) >= 11 is 0. The second-order valence-electron chi connectivity index (χ2n) is 5.23. The van der Waals surface area contributed by atoms with E-state index in [1.54, 1.807) is 6.20 Å². The van der Waals surface area contributed by atoms with Crippen LogP contribution in [0.2, 0.25) is 0 Å². The van der Waals surface area contributed by atoms with Crippen molar-refractivity contribution in [2.45, 2.75) is 32.7 Å². The Morgan fingerprint density at radius 3 is 2.63 bits per heavy atom. The van der Waals surface area contributed by atoms with Crippen molar-refractivity contribution in [1.82, 2.24) is 9.78 Å². The van der Waals surface area contributed by atoms with Crippen LogP contribution in [0.15, 0.2) is 36.7 Å². The number of aryl methyl sites for hydroxylation is 1. The topological polar surface area (TPSA) is 34.9 Å². The molecule has 2 aromatic rings. The fraction of sp³-hybridized carbons (Fsp3) is 0.375. The van der Waals surface area contributed by atoms with Crippen molar-refractivity contribution in [2.75, 3.05) is 0 Å². The van der Waals surface area contributed by atoms with Gasteiger partial charge in [0, 0.05) is 18.7 Å². The average Bonchev–Trinajstić information content (AvgIpc) is 3.04. The van der Waals surface area contributed by atoms with Gasteiger partial charge < -0.3 is 0 Å². The molecule has 0 saturated heterocycles. The van der Waals surface area contributed by atoms with Gasteiger partial charge in [-0.05, 0) is 30.4 Å². The van der Waals surface area contributed by atoms with Crippen molar-refractivity contribution < 1.29 is 4.79 Å². The van der Waals surface area contributed by atoms with Crippen LogP contribution in [0.25, 0.3) is 0 Å². The van der Waals surface area contributed by atoms with Crippen molar-refractivity contribution in [3.8, 4) is 0 Å². The Labute approximate surface area is 113 Å². The predicted molar refractivity (Wildman–Crippen MR) is 74.2 cm³/mol. The number of aromatic nitrogens is 2. The number of carbonyl (C=O) groups excluding carboxylic acids is 1. The summed E-state index contributed by atoms with van der Waals surface area (Å²) in [5.41, 5.74) is 3.40. The van der Waals surface area contributed by atoms with Crippen molar-refractivity contribution in [3.63, 3.8) is 0 Å². The third-order valence-corrected chi connectivity index (χ3v) is 3.79. The number of fused-ring (bicyclic) bond motifs is 1. The minimum Gasteiger partial charge on any atom is -0.294 e. The number of hydrogen-bond donors (Lipinski definition) is 0. The summed E-state index contributed by atoms with van der Waals surface area (Å²) in [6.07, 6.45) is 6.36. The summed E-state index contributed by atoms with van der Waals surface area (Å²) in [6, 6.07) is 8.35. The summed E-state index contributed by atoms with van der Waals surface area (Å²) in [5.74, 6) is 0.329. The average molecular weight is 254 g/mol. The molecule has 0 saturated carbocycles. The molecule has 0 atom stereocenters. The first kappa shape index (κ1) is 12.2. The molecule has 3 nitrogen and oxygen atoms in total. The van der Waals surface area contributed by atoms with Gasteiger partial charge in [0.15, 0.2) is 5.78 Å². The fourth-order valence-electron chi connectivity index (χ4n) is 2.82. The van der Waals surface area contributed by atoms with Gasteiger partial charge in [0.2, 0.25) is 0 Å². The normalized spacial score (nSPS) is 14.6. The van der Waals surface area contributed by atoms with E-state index in [-0.39, 0.29) is 11.7 Å². The van der Waals surface area contributed by atoms with Crippen LogP contribution in [-0.4, -0.2) is 15.6 Å². The highest BCUT2D eigenvalue weighted by molar-refractivity contribution is 5.98. The van der Waals surface area contributed by atoms with Gasteiger partial charge in [0.25, 0.3) is 0 Å². The van der Waals surface area contributed by atoms with Gasteiger partial charge in [-0.25, -0.2) is 0 Å². The van der Waals surface area contributed by atoms with E-state index < -0.39 is 0 Å². The van der Waals surface area contributed by atoms with Crippen LogP contribution in [-0.2, 0) is 19.4 Å². The van der Waals surface area contributed by atoms with Gasteiger partial charge in [0.1, 0.15) is 0 Å². The Hall–Kier alpha value is -1.90. The molecule has 1 aromatic heterocycles. The van der Waals surface area contributed by atoms with Gasteiger partial charge in [0.05, 0.1) is 11.8 Å². The maximum atomic E-state index is 12.5. The minimum atomic E-state index is 0.0941. The lowest BCUT2D eigenvalue weighted by Crippen LogP contribution is -2.14. The molecule has 3 heteroatoms. The number of carbonyl (C=O) groups is 1. The van der Waals surface area contributed by atoms with Gasteiger partial charge in [-0.15, -0.1) is 0 Å². The quantitative estimate of drug-likeness (QED) is 0.786. The zero-order chi connectivity index (χ0) is 13.2. The smallest absolute Gasteiger partial charge is 0.169 e. The van der Waals surface area contributed by atoms with Crippen molar-refractivity contribution >= 4 is 5.78 Å². The van der Waals surface area contributed by atoms with E-state index in [9.17, 15) is 4.79 Å². The Kier molecular flexibility index (Phi) is 3.20. The third kappa shape index (κ3) is 2.33. The largest absolute Gasteiger partial charge is 0.294 e. The second kappa shape index (κ2) is 5.00. The van der Waals surface area contributed by atoms with Gasteiger partial charge >= 0.3 is 0 Å². The Bertz CT molecular complexity index is 575. The molecule has 3 rings (SSSR count). The highest BCUT2D eigenvalue weighted by atomic mass is 16.1. The first-order chi connectivity index (χ1) is 9.28. The van der Waals surface area contributed by atoms with Crippen LogP contribution >= 0.6 is 0 Å². The summed E-state index contributed by atoms with van der Waals surface area (Å²) in [4.78, 5) is 12.5. The van der Waals surface area contributed by atoms with Crippen LogP contribution in [0.3, 0.4) is 0 Å². The highest BCUT2D eigenvalue weighted by Crippen LogP contribution is 2.28. The summed E-state index contributed by atoms with van der Waals surface area (Å²) in [7, 11) is 0. The second-order valence-corrected chi connectivity index (χ2v) is 5.23. The molecule has 0 spiro atoms. The molecule has 19 heavy (non-hydrogen) atoms. The molecular formula is C16H18N2O. The predicted octanol–water partition coefficient (Wildman–Crippen LogP) is 2.89. The molecule has 0 aliphatic heterocycles. The number of ketones is 1. The minimum absolute atomic E-state index is 0.0941. The number of Topliss-reactive ketones (excluding diaryl/α,β-unsaturated/α-hetero) is 1. The maximum Gasteiger partial charge on any atom is 0.169 e. The van der Waals surface area contributed by atoms with Crippen LogP contribution in [0.1, 0.15) is 34.8 Å². The molecule has 1 aromatic carbocycles. The molecule has 1 aliphatic rings. The molecule has 0 unspecified atom stereocenters. The van der Waals surface area contributed by atoms with Crippen molar-refractivity contribution in [2.24, 2.45) is 5.92 Å². The first-order valence-corrected chi connectivity index (χ1v) is 6.91. The van der Waals surface area contributed by atoms with Crippen molar-refractivity contribution in [3.05, 3.63) is 53.3 Å².